The third kappa shape index (κ3) is 5.51. The van der Waals surface area contributed by atoms with E-state index in [-0.39, 0.29) is 24.9 Å². The number of ether oxygens (including phenoxy) is 1. The van der Waals surface area contributed by atoms with Crippen molar-refractivity contribution in [1.82, 2.24) is 10.2 Å². The summed E-state index contributed by atoms with van der Waals surface area (Å²) in [6.45, 7) is 3.86. The fraction of sp³-hybridized carbons (Fsp3) is 0.348. The number of amides is 3. The molecule has 1 atom stereocenters. The van der Waals surface area contributed by atoms with E-state index in [0.29, 0.717) is 37.6 Å². The molecule has 1 aromatic heterocycles. The molecule has 1 aromatic carbocycles. The minimum Gasteiger partial charge on any atom is -0.442 e. The van der Waals surface area contributed by atoms with Crippen LogP contribution in [0.5, 0.6) is 0 Å². The van der Waals surface area contributed by atoms with Gasteiger partial charge in [0.1, 0.15) is 11.9 Å². The Morgan fingerprint density at radius 2 is 2.03 bits per heavy atom. The lowest BCUT2D eigenvalue weighted by Gasteiger charge is -2.36. The first kappa shape index (κ1) is 22.8. The number of piperazine rings is 1. The quantitative estimate of drug-likeness (QED) is 0.654. The molecule has 1 N–H and O–H groups in total. The summed E-state index contributed by atoms with van der Waals surface area (Å²) in [5.74, 6) is -0.705. The van der Waals surface area contributed by atoms with Crippen LogP contribution in [0, 0.1) is 5.82 Å². The van der Waals surface area contributed by atoms with Crippen LogP contribution in [0.1, 0.15) is 11.8 Å². The van der Waals surface area contributed by atoms with Crippen molar-refractivity contribution in [3.63, 3.8) is 0 Å². The minimum atomic E-state index is -0.569. The summed E-state index contributed by atoms with van der Waals surface area (Å²) in [7, 11) is 0. The minimum absolute atomic E-state index is 0.0553. The lowest BCUT2D eigenvalue weighted by atomic mass is 10.2. The Kier molecular flexibility index (Phi) is 6.93. The van der Waals surface area contributed by atoms with Crippen LogP contribution in [0.2, 0.25) is 0 Å². The maximum absolute atomic E-state index is 14.9. The molecule has 2 aliphatic rings. The van der Waals surface area contributed by atoms with E-state index in [1.54, 1.807) is 34.4 Å². The number of rotatable bonds is 6. The van der Waals surface area contributed by atoms with Crippen LogP contribution >= 0.6 is 11.3 Å². The summed E-state index contributed by atoms with van der Waals surface area (Å²) in [4.78, 5) is 41.7. The fourth-order valence-corrected chi connectivity index (χ4v) is 4.45. The van der Waals surface area contributed by atoms with Gasteiger partial charge in [0.25, 0.3) is 0 Å². The zero-order valence-corrected chi connectivity index (χ0v) is 19.0. The Morgan fingerprint density at radius 1 is 1.24 bits per heavy atom. The molecule has 10 heteroatoms. The molecule has 0 aliphatic carbocycles. The molecule has 0 unspecified atom stereocenters. The van der Waals surface area contributed by atoms with Crippen LogP contribution in [0.3, 0.4) is 0 Å². The van der Waals surface area contributed by atoms with Crippen molar-refractivity contribution in [2.24, 2.45) is 0 Å². The molecule has 174 valence electrons. The summed E-state index contributed by atoms with van der Waals surface area (Å²) in [5.41, 5.74) is 0.835. The normalized spacial score (nSPS) is 18.7. The van der Waals surface area contributed by atoms with Crippen molar-refractivity contribution >= 4 is 46.7 Å². The number of nitrogens with zero attached hydrogens (tertiary/aromatic N) is 3. The van der Waals surface area contributed by atoms with Gasteiger partial charge in [-0.05, 0) is 35.7 Å². The summed E-state index contributed by atoms with van der Waals surface area (Å²) >= 11 is 1.57. The van der Waals surface area contributed by atoms with Gasteiger partial charge in [-0.15, -0.1) is 11.3 Å². The molecule has 0 radical (unpaired) electrons. The van der Waals surface area contributed by atoms with Crippen molar-refractivity contribution in [2.75, 3.05) is 49.1 Å². The summed E-state index contributed by atoms with van der Waals surface area (Å²) < 4.78 is 20.2. The van der Waals surface area contributed by atoms with E-state index < -0.39 is 18.0 Å². The highest BCUT2D eigenvalue weighted by atomic mass is 32.1. The molecule has 2 aromatic rings. The SMILES string of the molecule is CC(=O)NC[C@H]1CN(c2ccc(N3CCN(C(=O)C=Cc4cccs4)CC3)c(F)c2)C(=O)O1. The third-order valence-corrected chi connectivity index (χ3v) is 6.40. The highest BCUT2D eigenvalue weighted by Gasteiger charge is 2.33. The molecule has 0 saturated carbocycles. The second-order valence-electron chi connectivity index (χ2n) is 7.85. The van der Waals surface area contributed by atoms with E-state index in [0.717, 1.165) is 4.88 Å². The first-order valence-corrected chi connectivity index (χ1v) is 11.6. The highest BCUT2D eigenvalue weighted by molar-refractivity contribution is 7.10. The molecule has 33 heavy (non-hydrogen) atoms. The van der Waals surface area contributed by atoms with Gasteiger partial charge in [0.2, 0.25) is 11.8 Å². The van der Waals surface area contributed by atoms with Crippen LogP contribution in [-0.4, -0.2) is 68.2 Å². The Labute approximate surface area is 195 Å². The standard InChI is InChI=1S/C23H25FN4O4S/c1-16(29)25-14-18-15-28(23(31)32-18)17-4-6-21(20(24)13-17)26-8-10-27(11-9-26)22(30)7-5-19-3-2-12-33-19/h2-7,12-13,18H,8-11,14-15H2,1H3,(H,25,29)/t18-/m0/s1. The summed E-state index contributed by atoms with van der Waals surface area (Å²) in [6.07, 6.45) is 2.33. The Morgan fingerprint density at radius 3 is 2.70 bits per heavy atom. The number of cyclic esters (lactones) is 1. The van der Waals surface area contributed by atoms with Gasteiger partial charge >= 0.3 is 6.09 Å². The number of nitrogens with one attached hydrogen (secondary N) is 1. The zero-order chi connectivity index (χ0) is 23.4. The molecule has 8 nitrogen and oxygen atoms in total. The molecule has 0 spiro atoms. The maximum atomic E-state index is 14.9. The molecule has 2 saturated heterocycles. The molecule has 3 amide bonds. The van der Waals surface area contributed by atoms with Gasteiger partial charge in [0.05, 0.1) is 24.5 Å². The number of halogens is 1. The van der Waals surface area contributed by atoms with Crippen LogP contribution < -0.4 is 15.1 Å². The van der Waals surface area contributed by atoms with Gasteiger partial charge in [-0.3, -0.25) is 14.5 Å². The van der Waals surface area contributed by atoms with E-state index in [9.17, 15) is 18.8 Å². The van der Waals surface area contributed by atoms with Gasteiger partial charge in [-0.2, -0.15) is 0 Å². The Balaban J connectivity index is 1.34. The van der Waals surface area contributed by atoms with Crippen molar-refractivity contribution in [3.8, 4) is 0 Å². The predicted molar refractivity (Wildman–Crippen MR) is 125 cm³/mol. The van der Waals surface area contributed by atoms with Gasteiger partial charge in [0, 0.05) is 44.1 Å². The fourth-order valence-electron chi connectivity index (χ4n) is 3.83. The van der Waals surface area contributed by atoms with E-state index in [2.05, 4.69) is 5.32 Å². The number of hydrogen-bond donors (Lipinski definition) is 1. The van der Waals surface area contributed by atoms with E-state index >= 15 is 0 Å². The number of thiophene rings is 1. The zero-order valence-electron chi connectivity index (χ0n) is 18.2. The second-order valence-corrected chi connectivity index (χ2v) is 8.83. The smallest absolute Gasteiger partial charge is 0.414 e. The first-order valence-electron chi connectivity index (χ1n) is 10.7. The molecule has 2 aliphatic heterocycles. The molecular formula is C23H25FN4O4S. The van der Waals surface area contributed by atoms with Crippen molar-refractivity contribution < 1.29 is 23.5 Å². The third-order valence-electron chi connectivity index (χ3n) is 5.56. The Bertz CT molecular complexity index is 1050. The predicted octanol–water partition coefficient (Wildman–Crippen LogP) is 2.71. The van der Waals surface area contributed by atoms with Crippen molar-refractivity contribution in [2.45, 2.75) is 13.0 Å². The van der Waals surface area contributed by atoms with Gasteiger partial charge in [-0.25, -0.2) is 9.18 Å². The topological polar surface area (TPSA) is 82.2 Å². The average molecular weight is 473 g/mol. The summed E-state index contributed by atoms with van der Waals surface area (Å²) in [6, 6.07) is 8.53. The molecule has 0 bridgehead atoms. The van der Waals surface area contributed by atoms with Gasteiger partial charge < -0.3 is 19.9 Å². The number of carbonyl (C=O) groups is 3. The Hall–Kier alpha value is -3.40. The second kappa shape index (κ2) is 10.0. The number of anilines is 2. The maximum Gasteiger partial charge on any atom is 0.414 e. The van der Waals surface area contributed by atoms with Crippen LogP contribution in [0.15, 0.2) is 41.8 Å². The molecular weight excluding hydrogens is 447 g/mol. The highest BCUT2D eigenvalue weighted by Crippen LogP contribution is 2.28. The number of hydrogen-bond acceptors (Lipinski definition) is 6. The van der Waals surface area contributed by atoms with E-state index in [1.165, 1.54) is 17.9 Å². The molecule has 3 heterocycles. The lowest BCUT2D eigenvalue weighted by molar-refractivity contribution is -0.126. The summed E-state index contributed by atoms with van der Waals surface area (Å²) in [5, 5.41) is 4.57. The lowest BCUT2D eigenvalue weighted by Crippen LogP contribution is -2.48. The van der Waals surface area contributed by atoms with Crippen molar-refractivity contribution in [1.29, 1.82) is 0 Å². The first-order chi connectivity index (χ1) is 15.9. The largest absolute Gasteiger partial charge is 0.442 e. The van der Waals surface area contributed by atoms with Gasteiger partial charge in [-0.1, -0.05) is 6.07 Å². The van der Waals surface area contributed by atoms with E-state index in [4.69, 9.17) is 4.74 Å². The molecule has 2 fully saturated rings. The van der Waals surface area contributed by atoms with Crippen LogP contribution in [0.25, 0.3) is 6.08 Å². The monoisotopic (exact) mass is 472 g/mol. The van der Waals surface area contributed by atoms with E-state index in [1.807, 2.05) is 28.5 Å². The molecule has 4 rings (SSSR count). The van der Waals surface area contributed by atoms with Crippen molar-refractivity contribution in [3.05, 3.63) is 52.5 Å². The average Bonchev–Trinajstić information content (AvgIpc) is 3.45. The van der Waals surface area contributed by atoms with Crippen LogP contribution in [-0.2, 0) is 14.3 Å². The van der Waals surface area contributed by atoms with Gasteiger partial charge in [0.15, 0.2) is 0 Å². The number of carbonyl (C=O) groups excluding carboxylic acids is 3. The van der Waals surface area contributed by atoms with Crippen LogP contribution in [0.4, 0.5) is 20.6 Å². The number of benzene rings is 1.